The second kappa shape index (κ2) is 7.91. The number of ether oxygens (including phenoxy) is 1. The molecule has 0 unspecified atom stereocenters. The Morgan fingerprint density at radius 2 is 2.18 bits per heavy atom. The molecule has 2 rings (SSSR count). The Morgan fingerprint density at radius 3 is 2.86 bits per heavy atom. The molecule has 0 aromatic heterocycles. The third-order valence-electron chi connectivity index (χ3n) is 3.69. The summed E-state index contributed by atoms with van der Waals surface area (Å²) in [6, 6.07) is 8.80. The average Bonchev–Trinajstić information content (AvgIpc) is 2.54. The predicted molar refractivity (Wildman–Crippen MR) is 83.0 cm³/mol. The van der Waals surface area contributed by atoms with Crippen molar-refractivity contribution >= 4 is 11.8 Å². The molecule has 0 aliphatic carbocycles. The van der Waals surface area contributed by atoms with Crippen LogP contribution in [0.15, 0.2) is 30.3 Å². The lowest BCUT2D eigenvalue weighted by molar-refractivity contribution is -0.137. The Kier molecular flexibility index (Phi) is 5.91. The second-order valence-corrected chi connectivity index (χ2v) is 5.45. The first-order valence-corrected chi connectivity index (χ1v) is 7.61. The monoisotopic (exact) mass is 305 g/mol. The van der Waals surface area contributed by atoms with Crippen LogP contribution in [0.25, 0.3) is 0 Å². The molecule has 0 bridgehead atoms. The van der Waals surface area contributed by atoms with Crippen LogP contribution in [0.1, 0.15) is 31.4 Å². The van der Waals surface area contributed by atoms with Crippen LogP contribution in [0.5, 0.6) is 0 Å². The highest BCUT2D eigenvalue weighted by Gasteiger charge is 2.31. The predicted octanol–water partition coefficient (Wildman–Crippen LogP) is 0.486. The van der Waals surface area contributed by atoms with Crippen LogP contribution < -0.4 is 16.4 Å². The molecule has 0 spiro atoms. The van der Waals surface area contributed by atoms with E-state index in [0.717, 1.165) is 12.0 Å². The fraction of sp³-hybridized carbons (Fsp3) is 0.500. The van der Waals surface area contributed by atoms with Gasteiger partial charge in [-0.3, -0.25) is 9.59 Å². The van der Waals surface area contributed by atoms with Gasteiger partial charge in [0.25, 0.3) is 0 Å². The van der Waals surface area contributed by atoms with Crippen LogP contribution in [-0.2, 0) is 14.3 Å². The highest BCUT2D eigenvalue weighted by atomic mass is 16.5. The molecular weight excluding hydrogens is 282 g/mol. The van der Waals surface area contributed by atoms with Gasteiger partial charge >= 0.3 is 0 Å². The molecule has 6 nitrogen and oxygen atoms in total. The van der Waals surface area contributed by atoms with Crippen molar-refractivity contribution in [3.8, 4) is 0 Å². The number of hydrogen-bond acceptors (Lipinski definition) is 4. The van der Waals surface area contributed by atoms with Crippen molar-refractivity contribution in [1.29, 1.82) is 0 Å². The zero-order valence-electron chi connectivity index (χ0n) is 12.7. The molecule has 120 valence electrons. The van der Waals surface area contributed by atoms with Gasteiger partial charge in [0.05, 0.1) is 18.2 Å². The van der Waals surface area contributed by atoms with Crippen molar-refractivity contribution in [1.82, 2.24) is 10.6 Å². The molecule has 6 heteroatoms. The van der Waals surface area contributed by atoms with E-state index in [1.165, 1.54) is 0 Å². The van der Waals surface area contributed by atoms with Gasteiger partial charge < -0.3 is 21.1 Å². The highest BCUT2D eigenvalue weighted by molar-refractivity contribution is 5.81. The van der Waals surface area contributed by atoms with Gasteiger partial charge in [0, 0.05) is 6.54 Å². The molecule has 3 atom stereocenters. The lowest BCUT2D eigenvalue weighted by Crippen LogP contribution is -2.52. The van der Waals surface area contributed by atoms with Crippen LogP contribution in [0.4, 0.5) is 0 Å². The Bertz CT molecular complexity index is 507. The maximum Gasteiger partial charge on any atom is 0.246 e. The Labute approximate surface area is 130 Å². The largest absolute Gasteiger partial charge is 0.364 e. The zero-order chi connectivity index (χ0) is 15.9. The molecule has 4 N–H and O–H groups in total. The number of rotatable bonds is 6. The second-order valence-electron chi connectivity index (χ2n) is 5.45. The molecule has 22 heavy (non-hydrogen) atoms. The quantitative estimate of drug-likeness (QED) is 0.713. The van der Waals surface area contributed by atoms with Gasteiger partial charge in [0.1, 0.15) is 6.61 Å². The van der Waals surface area contributed by atoms with Crippen LogP contribution in [0.3, 0.4) is 0 Å². The third kappa shape index (κ3) is 4.29. The maximum atomic E-state index is 11.9. The van der Waals surface area contributed by atoms with Crippen LogP contribution in [-0.4, -0.2) is 37.1 Å². The zero-order valence-corrected chi connectivity index (χ0v) is 12.7. The summed E-state index contributed by atoms with van der Waals surface area (Å²) in [5.74, 6) is -0.340. The molecule has 1 saturated heterocycles. The lowest BCUT2D eigenvalue weighted by Gasteiger charge is -2.33. The lowest BCUT2D eigenvalue weighted by atomic mass is 9.99. The minimum absolute atomic E-state index is 0.00485. The number of hydrogen-bond donors (Lipinski definition) is 3. The minimum Gasteiger partial charge on any atom is -0.364 e. The molecule has 0 radical (unpaired) electrons. The first-order valence-electron chi connectivity index (χ1n) is 7.61. The first-order chi connectivity index (χ1) is 10.6. The number of nitrogens with one attached hydrogen (secondary N) is 2. The third-order valence-corrected chi connectivity index (χ3v) is 3.69. The molecule has 2 amide bonds. The van der Waals surface area contributed by atoms with Gasteiger partial charge in [0.2, 0.25) is 11.8 Å². The van der Waals surface area contributed by atoms with E-state index in [0.29, 0.717) is 13.0 Å². The Balaban J connectivity index is 1.98. The topological polar surface area (TPSA) is 93.5 Å². The van der Waals surface area contributed by atoms with E-state index in [1.54, 1.807) is 0 Å². The number of carbonyl (C=O) groups excluding carboxylic acids is 2. The summed E-state index contributed by atoms with van der Waals surface area (Å²) in [7, 11) is 0. The molecule has 1 aromatic carbocycles. The SMILES string of the molecule is CCC[C@@H](N)C(=O)NC[C@@H]1OCC(=O)N[C@@H]1c1ccccc1. The molecular formula is C16H23N3O3. The Hall–Kier alpha value is -1.92. The molecule has 1 fully saturated rings. The van der Waals surface area contributed by atoms with E-state index in [1.807, 2.05) is 37.3 Å². The van der Waals surface area contributed by atoms with E-state index in [2.05, 4.69) is 10.6 Å². The van der Waals surface area contributed by atoms with Gasteiger partial charge in [-0.05, 0) is 12.0 Å². The number of morpholine rings is 1. The summed E-state index contributed by atoms with van der Waals surface area (Å²) >= 11 is 0. The summed E-state index contributed by atoms with van der Waals surface area (Å²) in [5.41, 5.74) is 6.74. The molecule has 0 saturated carbocycles. The highest BCUT2D eigenvalue weighted by Crippen LogP contribution is 2.21. The summed E-state index contributed by atoms with van der Waals surface area (Å²) in [4.78, 5) is 23.5. The standard InChI is InChI=1S/C16H23N3O3/c1-2-6-12(17)16(21)18-9-13-15(19-14(20)10-22-13)11-7-4-3-5-8-11/h3-5,7-8,12-13,15H,2,6,9-10,17H2,1H3,(H,18,21)(H,19,20)/t12-,13+,15-/m1/s1. The summed E-state index contributed by atoms with van der Waals surface area (Å²) in [5, 5.41) is 5.73. The summed E-state index contributed by atoms with van der Waals surface area (Å²) in [6.07, 6.45) is 1.20. The summed E-state index contributed by atoms with van der Waals surface area (Å²) < 4.78 is 5.58. The fourth-order valence-electron chi connectivity index (χ4n) is 2.50. The van der Waals surface area contributed by atoms with Crippen molar-refractivity contribution in [2.45, 2.75) is 38.0 Å². The van der Waals surface area contributed by atoms with Crippen LogP contribution in [0, 0.1) is 0 Å². The van der Waals surface area contributed by atoms with Gasteiger partial charge in [-0.25, -0.2) is 0 Å². The fourth-order valence-corrected chi connectivity index (χ4v) is 2.50. The normalized spacial score (nSPS) is 22.7. The maximum absolute atomic E-state index is 11.9. The van der Waals surface area contributed by atoms with E-state index in [-0.39, 0.29) is 30.6 Å². The number of benzene rings is 1. The van der Waals surface area contributed by atoms with Crippen molar-refractivity contribution in [2.75, 3.05) is 13.2 Å². The van der Waals surface area contributed by atoms with E-state index >= 15 is 0 Å². The van der Waals surface area contributed by atoms with Crippen LogP contribution >= 0.6 is 0 Å². The smallest absolute Gasteiger partial charge is 0.246 e. The molecule has 1 aliphatic rings. The first kappa shape index (κ1) is 16.5. The summed E-state index contributed by atoms with van der Waals surface area (Å²) in [6.45, 7) is 2.30. The van der Waals surface area contributed by atoms with Gasteiger partial charge in [0.15, 0.2) is 0 Å². The van der Waals surface area contributed by atoms with Gasteiger partial charge in [-0.1, -0.05) is 43.7 Å². The van der Waals surface area contributed by atoms with Crippen molar-refractivity contribution < 1.29 is 14.3 Å². The minimum atomic E-state index is -0.502. The molecule has 1 aromatic rings. The molecule has 1 aliphatic heterocycles. The van der Waals surface area contributed by atoms with E-state index in [4.69, 9.17) is 10.5 Å². The number of nitrogens with two attached hydrogens (primary N) is 1. The molecule has 1 heterocycles. The van der Waals surface area contributed by atoms with Gasteiger partial charge in [-0.15, -0.1) is 0 Å². The number of carbonyl (C=O) groups is 2. The van der Waals surface area contributed by atoms with E-state index < -0.39 is 6.04 Å². The number of amides is 2. The van der Waals surface area contributed by atoms with Crippen LogP contribution in [0.2, 0.25) is 0 Å². The van der Waals surface area contributed by atoms with E-state index in [9.17, 15) is 9.59 Å². The van der Waals surface area contributed by atoms with Gasteiger partial charge in [-0.2, -0.15) is 0 Å². The Morgan fingerprint density at radius 1 is 1.45 bits per heavy atom. The van der Waals surface area contributed by atoms with Crippen molar-refractivity contribution in [3.05, 3.63) is 35.9 Å². The van der Waals surface area contributed by atoms with Crippen molar-refractivity contribution in [3.63, 3.8) is 0 Å². The average molecular weight is 305 g/mol. The van der Waals surface area contributed by atoms with Crippen molar-refractivity contribution in [2.24, 2.45) is 5.73 Å².